The number of aromatic nitrogens is 6. The predicted octanol–water partition coefficient (Wildman–Crippen LogP) is 11.2. The van der Waals surface area contributed by atoms with Gasteiger partial charge in [0.25, 0.3) is 0 Å². The van der Waals surface area contributed by atoms with Gasteiger partial charge in [0.15, 0.2) is 17.5 Å². The second-order valence-corrected chi connectivity index (χ2v) is 15.7. The maximum absolute atomic E-state index is 5.33. The Morgan fingerprint density at radius 2 is 0.934 bits per heavy atom. The van der Waals surface area contributed by atoms with Gasteiger partial charge >= 0.3 is 0 Å². The van der Waals surface area contributed by atoms with Crippen molar-refractivity contribution in [1.82, 2.24) is 29.9 Å². The first-order chi connectivity index (χ1) is 30.2. The van der Waals surface area contributed by atoms with Crippen LogP contribution in [0.3, 0.4) is 0 Å². The Morgan fingerprint density at radius 1 is 0.393 bits per heavy atom. The molecule has 286 valence electrons. The molecular formula is C54H35N7. The summed E-state index contributed by atoms with van der Waals surface area (Å²) in [6, 6.07) is 52.8. The minimum absolute atomic E-state index is 0.410. The zero-order chi connectivity index (χ0) is 40.4. The van der Waals surface area contributed by atoms with Crippen LogP contribution in [0.15, 0.2) is 175 Å². The van der Waals surface area contributed by atoms with Gasteiger partial charge in [-0.05, 0) is 73.1 Å². The summed E-state index contributed by atoms with van der Waals surface area (Å²) in [7, 11) is 0. The van der Waals surface area contributed by atoms with Crippen LogP contribution in [0.4, 0.5) is 0 Å². The van der Waals surface area contributed by atoms with E-state index in [2.05, 4.69) is 140 Å². The summed E-state index contributed by atoms with van der Waals surface area (Å²) in [5.74, 6) is 2.24. The second kappa shape index (κ2) is 14.1. The summed E-state index contributed by atoms with van der Waals surface area (Å²) in [5.41, 5.74) is 9.92. The highest BCUT2D eigenvalue weighted by atomic mass is 15.0. The van der Waals surface area contributed by atoms with Gasteiger partial charge in [-0.15, -0.1) is 0 Å². The monoisotopic (exact) mass is 781 g/mol. The largest absolute Gasteiger partial charge is 0.282 e. The third kappa shape index (κ3) is 5.77. The van der Waals surface area contributed by atoms with Gasteiger partial charge in [0, 0.05) is 58.0 Å². The smallest absolute Gasteiger partial charge is 0.164 e. The Balaban J connectivity index is 1.05. The molecule has 0 N–H and O–H groups in total. The average Bonchev–Trinajstić information content (AvgIpc) is 3.32. The Hall–Kier alpha value is -8.03. The maximum Gasteiger partial charge on any atom is 0.164 e. The van der Waals surface area contributed by atoms with Gasteiger partial charge in [-0.3, -0.25) is 19.9 Å². The number of fused-ring (bicyclic) bond motifs is 8. The van der Waals surface area contributed by atoms with E-state index in [9.17, 15) is 0 Å². The maximum atomic E-state index is 5.33. The van der Waals surface area contributed by atoms with Gasteiger partial charge < -0.3 is 0 Å². The molecule has 0 radical (unpaired) electrons. The highest BCUT2D eigenvalue weighted by Gasteiger charge is 2.19. The van der Waals surface area contributed by atoms with E-state index in [0.717, 1.165) is 110 Å². The van der Waals surface area contributed by atoms with E-state index >= 15 is 0 Å². The first kappa shape index (κ1) is 35.0. The molecule has 0 spiro atoms. The Morgan fingerprint density at radius 3 is 1.61 bits per heavy atom. The quantitative estimate of drug-likeness (QED) is 0.162. The summed E-state index contributed by atoms with van der Waals surface area (Å²) in [6.45, 7) is 2.97. The molecule has 4 aromatic heterocycles. The number of nitrogens with zero attached hydrogens (tertiary/aromatic N) is 7. The fourth-order valence-electron chi connectivity index (χ4n) is 9.15. The fraction of sp³-hybridized carbons (Fsp3) is 0.0556. The molecule has 7 nitrogen and oxygen atoms in total. The van der Waals surface area contributed by atoms with Crippen molar-refractivity contribution in [3.63, 3.8) is 0 Å². The Bertz CT molecular complexity index is 3710. The minimum atomic E-state index is 0.410. The Kier molecular flexibility index (Phi) is 8.06. The summed E-state index contributed by atoms with van der Waals surface area (Å²) in [5, 5.41) is 9.63. The predicted molar refractivity (Wildman–Crippen MR) is 247 cm³/mol. The zero-order valence-corrected chi connectivity index (χ0v) is 33.2. The van der Waals surface area contributed by atoms with Crippen LogP contribution in [0.5, 0.6) is 0 Å². The fourth-order valence-corrected chi connectivity index (χ4v) is 9.15. The molecule has 7 aromatic carbocycles. The standard InChI is InChI=1S/C54H35N7/c1-32-30-35-22-24-45-43(26-29-57-51(45)49(35)58-31-32)39-14-6-18-41-37(39)16-8-20-47(41)54-60-52(34-10-3-2-4-11-34)59-53(61-54)46-19-7-15-36-38(13-5-17-40(36)46)42-25-28-56-50-44(42)23-21-33-12-9-27-55-48(33)50/h2-30,32H,31H2,1H3/t32-/m1/s1. The number of pyridine rings is 3. The van der Waals surface area contributed by atoms with Gasteiger partial charge in [0.2, 0.25) is 0 Å². The van der Waals surface area contributed by atoms with Crippen LogP contribution < -0.4 is 10.6 Å². The first-order valence-corrected chi connectivity index (χ1v) is 20.6. The number of hydrogen-bond donors (Lipinski definition) is 0. The van der Waals surface area contributed by atoms with E-state index in [0.29, 0.717) is 23.4 Å². The molecule has 12 rings (SSSR count). The third-order valence-electron chi connectivity index (χ3n) is 12.0. The molecule has 0 unspecified atom stereocenters. The summed E-state index contributed by atoms with van der Waals surface area (Å²) >= 11 is 0. The number of rotatable bonds is 5. The van der Waals surface area contributed by atoms with Crippen molar-refractivity contribution in [1.29, 1.82) is 0 Å². The summed E-state index contributed by atoms with van der Waals surface area (Å²) in [4.78, 5) is 35.0. The van der Waals surface area contributed by atoms with E-state index in [1.54, 1.807) is 0 Å². The molecule has 0 saturated heterocycles. The van der Waals surface area contributed by atoms with E-state index in [4.69, 9.17) is 34.9 Å². The highest BCUT2D eigenvalue weighted by molar-refractivity contribution is 6.13. The molecule has 0 bridgehead atoms. The molecule has 0 fully saturated rings. The Labute approximate surface area is 350 Å². The van der Waals surface area contributed by atoms with Crippen molar-refractivity contribution in [3.05, 3.63) is 181 Å². The minimum Gasteiger partial charge on any atom is -0.282 e. The van der Waals surface area contributed by atoms with Gasteiger partial charge in [-0.2, -0.15) is 0 Å². The van der Waals surface area contributed by atoms with Crippen LogP contribution >= 0.6 is 0 Å². The lowest BCUT2D eigenvalue weighted by molar-refractivity contribution is 0.748. The van der Waals surface area contributed by atoms with Crippen molar-refractivity contribution in [2.24, 2.45) is 10.9 Å². The molecule has 5 heterocycles. The van der Waals surface area contributed by atoms with Crippen molar-refractivity contribution < 1.29 is 0 Å². The third-order valence-corrected chi connectivity index (χ3v) is 12.0. The van der Waals surface area contributed by atoms with Gasteiger partial charge in [0.1, 0.15) is 0 Å². The molecular weight excluding hydrogens is 747 g/mol. The van der Waals surface area contributed by atoms with Crippen LogP contribution in [0.25, 0.3) is 117 Å². The van der Waals surface area contributed by atoms with E-state index in [1.807, 2.05) is 42.9 Å². The molecule has 0 saturated carbocycles. The zero-order valence-electron chi connectivity index (χ0n) is 33.2. The second-order valence-electron chi connectivity index (χ2n) is 15.7. The van der Waals surface area contributed by atoms with Crippen LogP contribution in [0.2, 0.25) is 0 Å². The number of hydrogen-bond acceptors (Lipinski definition) is 7. The summed E-state index contributed by atoms with van der Waals surface area (Å²) in [6.07, 6.45) is 7.92. The normalized spacial score (nSPS) is 13.7. The van der Waals surface area contributed by atoms with Crippen molar-refractivity contribution in [2.45, 2.75) is 6.92 Å². The molecule has 1 atom stereocenters. The molecule has 1 aliphatic rings. The lowest BCUT2D eigenvalue weighted by Crippen LogP contribution is -2.31. The van der Waals surface area contributed by atoms with Gasteiger partial charge in [0.05, 0.1) is 21.9 Å². The average molecular weight is 782 g/mol. The van der Waals surface area contributed by atoms with Crippen molar-refractivity contribution in [2.75, 3.05) is 6.54 Å². The van der Waals surface area contributed by atoms with Gasteiger partial charge in [-0.25, -0.2) is 15.0 Å². The van der Waals surface area contributed by atoms with Crippen LogP contribution in [-0.4, -0.2) is 36.4 Å². The molecule has 0 amide bonds. The van der Waals surface area contributed by atoms with Crippen LogP contribution in [-0.2, 0) is 0 Å². The van der Waals surface area contributed by atoms with Gasteiger partial charge in [-0.1, -0.05) is 146 Å². The molecule has 7 heteroatoms. The van der Waals surface area contributed by atoms with Crippen LogP contribution in [0.1, 0.15) is 6.92 Å². The molecule has 11 aromatic rings. The highest BCUT2D eigenvalue weighted by Crippen LogP contribution is 2.40. The lowest BCUT2D eigenvalue weighted by Gasteiger charge is -2.15. The molecule has 1 aliphatic heterocycles. The van der Waals surface area contributed by atoms with Crippen molar-refractivity contribution in [3.8, 4) is 56.4 Å². The SMILES string of the molecule is C[C@@H]1C=c2ccc3c(-c4cccc5c(-c6nc(-c7ccccc7)nc(-c7cccc8c(-c9ccnc%10c9ccc9cccnc9%10)cccc78)n6)cccc45)ccnc3c2=NC1. The molecule has 61 heavy (non-hydrogen) atoms. The lowest BCUT2D eigenvalue weighted by atomic mass is 9.92. The van der Waals surface area contributed by atoms with E-state index in [-0.39, 0.29) is 0 Å². The molecule has 0 aliphatic carbocycles. The first-order valence-electron chi connectivity index (χ1n) is 20.6. The topological polar surface area (TPSA) is 89.7 Å². The summed E-state index contributed by atoms with van der Waals surface area (Å²) < 4.78 is 0. The van der Waals surface area contributed by atoms with Crippen LogP contribution in [0, 0.1) is 5.92 Å². The van der Waals surface area contributed by atoms with Crippen molar-refractivity contribution >= 4 is 60.3 Å². The van der Waals surface area contributed by atoms with E-state index in [1.165, 1.54) is 0 Å². The van der Waals surface area contributed by atoms with E-state index < -0.39 is 0 Å². The number of benzene rings is 7.